The van der Waals surface area contributed by atoms with Gasteiger partial charge in [-0.3, -0.25) is 9.59 Å². The first kappa shape index (κ1) is 24.7. The lowest BCUT2D eigenvalue weighted by Crippen LogP contribution is -2.39. The number of H-pyrrole nitrogens is 1. The van der Waals surface area contributed by atoms with Gasteiger partial charge in [0.15, 0.2) is 0 Å². The second-order valence-electron chi connectivity index (χ2n) is 9.55. The van der Waals surface area contributed by atoms with Crippen molar-refractivity contribution in [3.63, 3.8) is 0 Å². The van der Waals surface area contributed by atoms with Crippen molar-refractivity contribution in [2.75, 3.05) is 13.2 Å². The molecule has 3 heterocycles. The Labute approximate surface area is 217 Å². The quantitative estimate of drug-likeness (QED) is 0.347. The van der Waals surface area contributed by atoms with Crippen LogP contribution in [0.5, 0.6) is 5.75 Å². The van der Waals surface area contributed by atoms with Crippen LogP contribution in [0.3, 0.4) is 0 Å². The summed E-state index contributed by atoms with van der Waals surface area (Å²) >= 11 is 6.32. The van der Waals surface area contributed by atoms with E-state index in [0.29, 0.717) is 55.7 Å². The number of aryl methyl sites for hydroxylation is 1. The number of halogens is 2. The van der Waals surface area contributed by atoms with Gasteiger partial charge in [-0.25, -0.2) is 14.4 Å². The van der Waals surface area contributed by atoms with Gasteiger partial charge in [-0.2, -0.15) is 0 Å². The van der Waals surface area contributed by atoms with Gasteiger partial charge in [0.2, 0.25) is 5.91 Å². The first-order valence-corrected chi connectivity index (χ1v) is 12.1. The number of fused-ring (bicyclic) bond motifs is 2. The van der Waals surface area contributed by atoms with Gasteiger partial charge in [-0.1, -0.05) is 18.5 Å². The van der Waals surface area contributed by atoms with Crippen LogP contribution in [0, 0.1) is 12.7 Å². The van der Waals surface area contributed by atoms with E-state index in [-0.39, 0.29) is 30.8 Å². The summed E-state index contributed by atoms with van der Waals surface area (Å²) in [5.74, 6) is -0.275. The first-order chi connectivity index (χ1) is 17.6. The molecule has 37 heavy (non-hydrogen) atoms. The van der Waals surface area contributed by atoms with Crippen molar-refractivity contribution in [2.24, 2.45) is 5.73 Å². The van der Waals surface area contributed by atoms with Gasteiger partial charge in [-0.15, -0.1) is 0 Å². The molecule has 10 heteroatoms. The number of nitrogens with two attached hydrogens (primary N) is 1. The third-order valence-electron chi connectivity index (χ3n) is 6.75. The number of hydrogen-bond acceptors (Lipinski definition) is 5. The molecule has 2 atom stereocenters. The smallest absolute Gasteiger partial charge is 0.251 e. The van der Waals surface area contributed by atoms with E-state index in [9.17, 15) is 14.0 Å². The molecule has 0 saturated heterocycles. The number of hydrogen-bond donors (Lipinski definition) is 3. The van der Waals surface area contributed by atoms with E-state index in [1.54, 1.807) is 37.3 Å². The van der Waals surface area contributed by atoms with Gasteiger partial charge in [0.25, 0.3) is 5.91 Å². The van der Waals surface area contributed by atoms with Gasteiger partial charge in [0.1, 0.15) is 40.6 Å². The molecule has 5 rings (SSSR count). The monoisotopic (exact) mass is 521 g/mol. The predicted octanol–water partition coefficient (Wildman–Crippen LogP) is 4.39. The number of carbonyl (C=O) groups excluding carboxylic acids is 2. The summed E-state index contributed by atoms with van der Waals surface area (Å²) in [5.41, 5.74) is 8.76. The molecular weight excluding hydrogens is 497 g/mol. The third kappa shape index (κ3) is 4.40. The van der Waals surface area contributed by atoms with Crippen molar-refractivity contribution in [3.8, 4) is 17.0 Å². The van der Waals surface area contributed by atoms with Crippen LogP contribution >= 0.6 is 11.6 Å². The van der Waals surface area contributed by atoms with Crippen molar-refractivity contribution in [3.05, 3.63) is 75.9 Å². The zero-order chi connectivity index (χ0) is 26.5. The lowest BCUT2D eigenvalue weighted by Gasteiger charge is -2.20. The van der Waals surface area contributed by atoms with E-state index in [1.807, 2.05) is 13.8 Å². The molecule has 4 N–H and O–H groups in total. The van der Waals surface area contributed by atoms with E-state index in [2.05, 4.69) is 15.3 Å². The van der Waals surface area contributed by atoms with Gasteiger partial charge < -0.3 is 20.8 Å². The number of imidazole rings is 1. The highest BCUT2D eigenvalue weighted by molar-refractivity contribution is 6.35. The molecule has 2 amide bonds. The molecule has 0 unspecified atom stereocenters. The Morgan fingerprint density at radius 1 is 1.24 bits per heavy atom. The highest BCUT2D eigenvalue weighted by atomic mass is 35.5. The van der Waals surface area contributed by atoms with Crippen molar-refractivity contribution in [1.82, 2.24) is 20.3 Å². The SMILES string of the molecule is Cc1nc2c(Cl)cc(C(=O)NC[C@@H](C)c3cc4c(c(-c5ccc(F)cc5)n3)OC[C@]4(C)C(N)=O)cc2[nH]1. The van der Waals surface area contributed by atoms with Gasteiger partial charge in [0.05, 0.1) is 10.5 Å². The van der Waals surface area contributed by atoms with E-state index in [0.717, 1.165) is 0 Å². The summed E-state index contributed by atoms with van der Waals surface area (Å²) in [4.78, 5) is 37.5. The molecule has 1 aliphatic rings. The van der Waals surface area contributed by atoms with Crippen LogP contribution in [-0.4, -0.2) is 39.9 Å². The Kier molecular flexibility index (Phi) is 6.11. The van der Waals surface area contributed by atoms with Crippen molar-refractivity contribution in [2.45, 2.75) is 32.1 Å². The maximum atomic E-state index is 13.6. The standard InChI is InChI=1S/C27H25ClFN5O3/c1-13(11-31-25(35)16-8-19(28)23-21(9-16)32-14(2)33-23)20-10-18-24(37-12-27(18,3)26(30)36)22(34-20)15-4-6-17(29)7-5-15/h4-10,13H,11-12H2,1-3H3,(H2,30,36)(H,31,35)(H,32,33)/t13-,27+/m1/s1. The highest BCUT2D eigenvalue weighted by Crippen LogP contribution is 2.45. The fourth-order valence-electron chi connectivity index (χ4n) is 4.45. The average molecular weight is 522 g/mol. The summed E-state index contributed by atoms with van der Waals surface area (Å²) in [7, 11) is 0. The van der Waals surface area contributed by atoms with Crippen molar-refractivity contribution < 1.29 is 18.7 Å². The summed E-state index contributed by atoms with van der Waals surface area (Å²) in [6.07, 6.45) is 0. The molecule has 190 valence electrons. The zero-order valence-electron chi connectivity index (χ0n) is 20.5. The summed E-state index contributed by atoms with van der Waals surface area (Å²) < 4.78 is 19.5. The summed E-state index contributed by atoms with van der Waals surface area (Å²) in [6.45, 7) is 5.80. The number of carbonyl (C=O) groups is 2. The van der Waals surface area contributed by atoms with E-state index in [1.165, 1.54) is 12.1 Å². The molecule has 0 spiro atoms. The number of pyridine rings is 1. The molecule has 0 bridgehead atoms. The number of nitrogens with one attached hydrogen (secondary N) is 2. The third-order valence-corrected chi connectivity index (χ3v) is 7.04. The molecule has 0 saturated carbocycles. The minimum atomic E-state index is -1.04. The van der Waals surface area contributed by atoms with Crippen LogP contribution in [0.2, 0.25) is 5.02 Å². The molecule has 0 aliphatic carbocycles. The van der Waals surface area contributed by atoms with Crippen LogP contribution in [0.1, 0.15) is 47.2 Å². The van der Waals surface area contributed by atoms with Gasteiger partial charge >= 0.3 is 0 Å². The molecular formula is C27H25ClFN5O3. The minimum absolute atomic E-state index is 0.0818. The van der Waals surface area contributed by atoms with Crippen LogP contribution in [0.25, 0.3) is 22.3 Å². The second-order valence-corrected chi connectivity index (χ2v) is 9.96. The minimum Gasteiger partial charge on any atom is -0.489 e. The van der Waals surface area contributed by atoms with Gasteiger partial charge in [-0.05, 0) is 56.3 Å². The van der Waals surface area contributed by atoms with E-state index in [4.69, 9.17) is 27.1 Å². The molecule has 4 aromatic rings. The number of rotatable bonds is 6. The van der Waals surface area contributed by atoms with E-state index < -0.39 is 11.3 Å². The molecule has 2 aromatic heterocycles. The van der Waals surface area contributed by atoms with Crippen molar-refractivity contribution >= 4 is 34.4 Å². The number of nitrogens with zero attached hydrogens (tertiary/aromatic N) is 2. The fourth-order valence-corrected chi connectivity index (χ4v) is 4.71. The van der Waals surface area contributed by atoms with E-state index >= 15 is 0 Å². The fraction of sp³-hybridized carbons (Fsp3) is 0.259. The lowest BCUT2D eigenvalue weighted by atomic mass is 9.82. The summed E-state index contributed by atoms with van der Waals surface area (Å²) in [6, 6.07) is 11.0. The van der Waals surface area contributed by atoms with Crippen molar-refractivity contribution in [1.29, 1.82) is 0 Å². The second kappa shape index (κ2) is 9.15. The molecule has 8 nitrogen and oxygen atoms in total. The Balaban J connectivity index is 1.45. The molecule has 2 aromatic carbocycles. The average Bonchev–Trinajstić information content (AvgIpc) is 3.42. The number of benzene rings is 2. The molecule has 0 fully saturated rings. The highest BCUT2D eigenvalue weighted by Gasteiger charge is 2.44. The Bertz CT molecular complexity index is 1550. The number of aromatic amines is 1. The maximum absolute atomic E-state index is 13.6. The topological polar surface area (TPSA) is 123 Å². The van der Waals surface area contributed by atoms with Crippen LogP contribution in [0.15, 0.2) is 42.5 Å². The largest absolute Gasteiger partial charge is 0.489 e. The number of ether oxygens (including phenoxy) is 1. The molecule has 0 radical (unpaired) electrons. The van der Waals surface area contributed by atoms with Crippen LogP contribution < -0.4 is 15.8 Å². The maximum Gasteiger partial charge on any atom is 0.251 e. The van der Waals surface area contributed by atoms with Gasteiger partial charge in [0, 0.05) is 34.8 Å². The number of aromatic nitrogens is 3. The lowest BCUT2D eigenvalue weighted by molar-refractivity contribution is -0.123. The Morgan fingerprint density at radius 3 is 2.68 bits per heavy atom. The predicted molar refractivity (Wildman–Crippen MR) is 138 cm³/mol. The molecule has 1 aliphatic heterocycles. The number of primary amides is 1. The Hall–Kier alpha value is -3.98. The van der Waals surface area contributed by atoms with Crippen LogP contribution in [-0.2, 0) is 10.2 Å². The van der Waals surface area contributed by atoms with Crippen LogP contribution in [0.4, 0.5) is 4.39 Å². The number of amides is 2. The first-order valence-electron chi connectivity index (χ1n) is 11.7. The zero-order valence-corrected chi connectivity index (χ0v) is 21.2. The summed E-state index contributed by atoms with van der Waals surface area (Å²) in [5, 5.41) is 3.31. The normalized spacial score (nSPS) is 17.3. The Morgan fingerprint density at radius 2 is 1.97 bits per heavy atom.